The number of ether oxygens (including phenoxy) is 1. The van der Waals surface area contributed by atoms with E-state index < -0.39 is 0 Å². The van der Waals surface area contributed by atoms with Gasteiger partial charge in [0.15, 0.2) is 5.82 Å². The molecule has 0 aliphatic carbocycles. The van der Waals surface area contributed by atoms with Gasteiger partial charge in [0.25, 0.3) is 0 Å². The van der Waals surface area contributed by atoms with Crippen molar-refractivity contribution in [1.29, 1.82) is 0 Å². The molecule has 3 rings (SSSR count). The SMILES string of the molecule is COc1ncncc1-c1c[nH]c2ncnc(N=CN(C)C)c12. The van der Waals surface area contributed by atoms with Crippen LogP contribution in [0.25, 0.3) is 22.2 Å². The molecule has 1 N–H and O–H groups in total. The van der Waals surface area contributed by atoms with E-state index in [0.29, 0.717) is 17.3 Å². The molecule has 0 spiro atoms. The summed E-state index contributed by atoms with van der Waals surface area (Å²) >= 11 is 0. The van der Waals surface area contributed by atoms with Gasteiger partial charge in [0.2, 0.25) is 5.88 Å². The summed E-state index contributed by atoms with van der Waals surface area (Å²) in [4.78, 5) is 26.0. The minimum absolute atomic E-state index is 0.488. The first kappa shape index (κ1) is 13.9. The highest BCUT2D eigenvalue weighted by Crippen LogP contribution is 2.36. The lowest BCUT2D eigenvalue weighted by atomic mass is 10.1. The lowest BCUT2D eigenvalue weighted by Gasteiger charge is -2.06. The van der Waals surface area contributed by atoms with Crippen LogP contribution in [0.15, 0.2) is 30.0 Å². The molecular weight excluding hydrogens is 282 g/mol. The van der Waals surface area contributed by atoms with Gasteiger partial charge in [-0.15, -0.1) is 0 Å². The number of aromatic nitrogens is 5. The predicted molar refractivity (Wildman–Crippen MR) is 83.3 cm³/mol. The zero-order chi connectivity index (χ0) is 15.5. The topological polar surface area (TPSA) is 92.2 Å². The summed E-state index contributed by atoms with van der Waals surface area (Å²) in [6.07, 6.45) is 8.13. The van der Waals surface area contributed by atoms with Crippen molar-refractivity contribution in [3.05, 3.63) is 25.0 Å². The summed E-state index contributed by atoms with van der Waals surface area (Å²) in [7, 11) is 5.37. The summed E-state index contributed by atoms with van der Waals surface area (Å²) in [5.74, 6) is 1.06. The average molecular weight is 297 g/mol. The molecule has 8 heteroatoms. The molecule has 0 saturated heterocycles. The van der Waals surface area contributed by atoms with Gasteiger partial charge in [0, 0.05) is 32.1 Å². The van der Waals surface area contributed by atoms with Crippen LogP contribution in [0.5, 0.6) is 5.88 Å². The summed E-state index contributed by atoms with van der Waals surface area (Å²) < 4.78 is 5.30. The number of nitrogens with one attached hydrogen (secondary N) is 1. The second-order valence-electron chi connectivity index (χ2n) is 4.78. The number of aliphatic imine (C=N–C) groups is 1. The van der Waals surface area contributed by atoms with Crippen LogP contribution in [0, 0.1) is 0 Å². The van der Waals surface area contributed by atoms with Gasteiger partial charge >= 0.3 is 0 Å². The molecule has 0 aliphatic rings. The van der Waals surface area contributed by atoms with E-state index >= 15 is 0 Å². The molecule has 3 heterocycles. The molecule has 0 amide bonds. The second-order valence-corrected chi connectivity index (χ2v) is 4.78. The molecule has 112 valence electrons. The maximum absolute atomic E-state index is 5.30. The monoisotopic (exact) mass is 297 g/mol. The third-order valence-corrected chi connectivity index (χ3v) is 3.02. The second kappa shape index (κ2) is 5.76. The van der Waals surface area contributed by atoms with E-state index in [9.17, 15) is 0 Å². The highest BCUT2D eigenvalue weighted by molar-refractivity contribution is 6.01. The van der Waals surface area contributed by atoms with Crippen molar-refractivity contribution >= 4 is 23.2 Å². The fraction of sp³-hybridized carbons (Fsp3) is 0.214. The van der Waals surface area contributed by atoms with E-state index in [0.717, 1.165) is 16.5 Å². The minimum atomic E-state index is 0.488. The highest BCUT2D eigenvalue weighted by Gasteiger charge is 2.16. The van der Waals surface area contributed by atoms with Crippen molar-refractivity contribution in [3.8, 4) is 17.0 Å². The third-order valence-electron chi connectivity index (χ3n) is 3.02. The van der Waals surface area contributed by atoms with Crippen LogP contribution in [0.4, 0.5) is 5.82 Å². The maximum Gasteiger partial charge on any atom is 0.224 e. The van der Waals surface area contributed by atoms with Crippen LogP contribution in [0.2, 0.25) is 0 Å². The number of rotatable bonds is 4. The molecule has 0 atom stereocenters. The molecule has 22 heavy (non-hydrogen) atoms. The molecule has 0 aliphatic heterocycles. The van der Waals surface area contributed by atoms with Gasteiger partial charge in [-0.3, -0.25) is 0 Å². The summed E-state index contributed by atoms with van der Waals surface area (Å²) in [5, 5.41) is 0.800. The fourth-order valence-electron chi connectivity index (χ4n) is 2.09. The molecule has 3 aromatic rings. The maximum atomic E-state index is 5.30. The molecule has 0 aromatic carbocycles. The lowest BCUT2D eigenvalue weighted by Crippen LogP contribution is -2.07. The quantitative estimate of drug-likeness (QED) is 0.581. The van der Waals surface area contributed by atoms with E-state index in [1.807, 2.05) is 25.2 Å². The summed E-state index contributed by atoms with van der Waals surface area (Å²) in [5.41, 5.74) is 2.30. The third kappa shape index (κ3) is 2.46. The molecule has 0 saturated carbocycles. The fourth-order valence-corrected chi connectivity index (χ4v) is 2.09. The molecule has 3 aromatic heterocycles. The van der Waals surface area contributed by atoms with E-state index in [1.54, 1.807) is 19.6 Å². The Kier molecular flexibility index (Phi) is 3.65. The van der Waals surface area contributed by atoms with Gasteiger partial charge < -0.3 is 14.6 Å². The van der Waals surface area contributed by atoms with Crippen molar-refractivity contribution in [1.82, 2.24) is 29.8 Å². The van der Waals surface area contributed by atoms with Gasteiger partial charge in [0.1, 0.15) is 18.3 Å². The van der Waals surface area contributed by atoms with Gasteiger partial charge in [-0.25, -0.2) is 24.9 Å². The van der Waals surface area contributed by atoms with Crippen molar-refractivity contribution < 1.29 is 4.74 Å². The van der Waals surface area contributed by atoms with Crippen LogP contribution < -0.4 is 4.74 Å². The Balaban J connectivity index is 2.23. The van der Waals surface area contributed by atoms with Gasteiger partial charge in [-0.05, 0) is 0 Å². The number of hydrogen-bond acceptors (Lipinski definition) is 6. The standard InChI is InChI=1S/C14H15N7O/c1-21(2)8-20-13-11-9(5-16-12(11)17-7-18-13)10-4-15-6-19-14(10)22-3/h4-8H,1-3H3,(H,16,17,18). The zero-order valence-corrected chi connectivity index (χ0v) is 12.5. The average Bonchev–Trinajstić information content (AvgIpc) is 2.97. The summed E-state index contributed by atoms with van der Waals surface area (Å²) in [6, 6.07) is 0. The Morgan fingerprint density at radius 1 is 1.18 bits per heavy atom. The molecular formula is C14H15N7O. The van der Waals surface area contributed by atoms with Crippen molar-refractivity contribution in [2.45, 2.75) is 0 Å². The lowest BCUT2D eigenvalue weighted by molar-refractivity contribution is 0.398. The predicted octanol–water partition coefficient (Wildman–Crippen LogP) is 1.64. The van der Waals surface area contributed by atoms with E-state index in [-0.39, 0.29) is 0 Å². The van der Waals surface area contributed by atoms with Crippen LogP contribution in [0.3, 0.4) is 0 Å². The van der Waals surface area contributed by atoms with E-state index in [4.69, 9.17) is 4.74 Å². The van der Waals surface area contributed by atoms with Crippen LogP contribution in [0.1, 0.15) is 0 Å². The molecule has 0 bridgehead atoms. The number of nitrogens with zero attached hydrogens (tertiary/aromatic N) is 6. The van der Waals surface area contributed by atoms with Crippen LogP contribution in [-0.4, -0.2) is 57.4 Å². The van der Waals surface area contributed by atoms with E-state index in [1.165, 1.54) is 12.7 Å². The smallest absolute Gasteiger partial charge is 0.224 e. The molecule has 0 radical (unpaired) electrons. The molecule has 0 fully saturated rings. The van der Waals surface area contributed by atoms with Gasteiger partial charge in [-0.1, -0.05) is 0 Å². The zero-order valence-electron chi connectivity index (χ0n) is 12.5. The Morgan fingerprint density at radius 3 is 2.82 bits per heavy atom. The number of fused-ring (bicyclic) bond motifs is 1. The number of aromatic amines is 1. The highest BCUT2D eigenvalue weighted by atomic mass is 16.5. The number of hydrogen-bond donors (Lipinski definition) is 1. The number of methoxy groups -OCH3 is 1. The summed E-state index contributed by atoms with van der Waals surface area (Å²) in [6.45, 7) is 0. The largest absolute Gasteiger partial charge is 0.480 e. The Hall–Kier alpha value is -3.03. The minimum Gasteiger partial charge on any atom is -0.480 e. The van der Waals surface area contributed by atoms with E-state index in [2.05, 4.69) is 29.9 Å². The Morgan fingerprint density at radius 2 is 2.05 bits per heavy atom. The first-order valence-corrected chi connectivity index (χ1v) is 6.57. The molecule has 8 nitrogen and oxygen atoms in total. The first-order chi connectivity index (χ1) is 10.7. The first-order valence-electron chi connectivity index (χ1n) is 6.57. The van der Waals surface area contributed by atoms with Crippen molar-refractivity contribution in [2.24, 2.45) is 4.99 Å². The Labute approximate surface area is 126 Å². The van der Waals surface area contributed by atoms with Crippen molar-refractivity contribution in [3.63, 3.8) is 0 Å². The van der Waals surface area contributed by atoms with Crippen molar-refractivity contribution in [2.75, 3.05) is 21.2 Å². The number of H-pyrrole nitrogens is 1. The normalized spacial score (nSPS) is 11.2. The van der Waals surface area contributed by atoms with Crippen LogP contribution >= 0.6 is 0 Å². The van der Waals surface area contributed by atoms with Gasteiger partial charge in [-0.2, -0.15) is 0 Å². The van der Waals surface area contributed by atoms with Crippen LogP contribution in [-0.2, 0) is 0 Å². The van der Waals surface area contributed by atoms with Gasteiger partial charge in [0.05, 0.1) is 24.4 Å². The molecule has 0 unspecified atom stereocenters. The Bertz CT molecular complexity index is 825.